The molecule has 1 saturated carbocycles. The number of phenolic OH excluding ortho intramolecular Hbond substituents is 3. The lowest BCUT2D eigenvalue weighted by molar-refractivity contribution is -0.154. The molecule has 4 N–H and O–H groups in total. The molecule has 1 saturated heterocycles. The Labute approximate surface area is 195 Å². The van der Waals surface area contributed by atoms with Gasteiger partial charge in [-0.1, -0.05) is 26.0 Å². The van der Waals surface area contributed by atoms with Gasteiger partial charge < -0.3 is 29.9 Å². The van der Waals surface area contributed by atoms with Crippen molar-refractivity contribution in [2.24, 2.45) is 11.8 Å². The molecule has 6 nitrogen and oxygen atoms in total. The molecule has 1 aliphatic heterocycles. The highest BCUT2D eigenvalue weighted by Gasteiger charge is 2.42. The van der Waals surface area contributed by atoms with Gasteiger partial charge in [0.15, 0.2) is 11.5 Å². The predicted octanol–water partition coefficient (Wildman–Crippen LogP) is 5.18. The molecule has 0 amide bonds. The van der Waals surface area contributed by atoms with E-state index in [-0.39, 0.29) is 35.4 Å². The van der Waals surface area contributed by atoms with Crippen LogP contribution in [-0.4, -0.2) is 39.7 Å². The summed E-state index contributed by atoms with van der Waals surface area (Å²) in [4.78, 5) is 0. The highest BCUT2D eigenvalue weighted by Crippen LogP contribution is 2.48. The number of hydrogen-bond acceptors (Lipinski definition) is 6. The van der Waals surface area contributed by atoms with Gasteiger partial charge in [-0.2, -0.15) is 0 Å². The SMILES string of the molecule is COc1cc([C@@H]2C[C@H](O)[C@@H]3CC[C@H](c4ccc(O)c(CCC(C)C)c4)C[C@@H]3O2)cc(O)c1O. The normalized spacial score (nSPS) is 27.4. The molecule has 1 aliphatic carbocycles. The zero-order valence-corrected chi connectivity index (χ0v) is 19.7. The van der Waals surface area contributed by atoms with Crippen LogP contribution >= 0.6 is 0 Å². The average molecular weight is 457 g/mol. The van der Waals surface area contributed by atoms with Crippen LogP contribution in [0.5, 0.6) is 23.0 Å². The number of ether oxygens (including phenoxy) is 2. The summed E-state index contributed by atoms with van der Waals surface area (Å²) in [7, 11) is 1.43. The number of aliphatic hydroxyl groups is 1. The molecular weight excluding hydrogens is 420 g/mol. The maximum Gasteiger partial charge on any atom is 0.200 e. The van der Waals surface area contributed by atoms with Gasteiger partial charge in [0.2, 0.25) is 5.75 Å². The summed E-state index contributed by atoms with van der Waals surface area (Å²) in [5, 5.41) is 41.2. The van der Waals surface area contributed by atoms with E-state index in [1.54, 1.807) is 6.07 Å². The van der Waals surface area contributed by atoms with Crippen LogP contribution < -0.4 is 4.74 Å². The highest BCUT2D eigenvalue weighted by molar-refractivity contribution is 5.52. The van der Waals surface area contributed by atoms with Crippen LogP contribution in [-0.2, 0) is 11.2 Å². The van der Waals surface area contributed by atoms with Crippen LogP contribution in [0.25, 0.3) is 0 Å². The molecule has 2 fully saturated rings. The maximum atomic E-state index is 10.9. The Morgan fingerprint density at radius 2 is 1.79 bits per heavy atom. The first-order chi connectivity index (χ1) is 15.8. The number of phenols is 3. The molecule has 6 heteroatoms. The van der Waals surface area contributed by atoms with Gasteiger partial charge in [-0.3, -0.25) is 0 Å². The Hall–Kier alpha value is -2.44. The number of fused-ring (bicyclic) bond motifs is 1. The minimum Gasteiger partial charge on any atom is -0.508 e. The zero-order valence-electron chi connectivity index (χ0n) is 19.7. The highest BCUT2D eigenvalue weighted by atomic mass is 16.5. The topological polar surface area (TPSA) is 99.4 Å². The van der Waals surface area contributed by atoms with E-state index in [1.807, 2.05) is 12.1 Å². The Kier molecular flexibility index (Phi) is 7.05. The van der Waals surface area contributed by atoms with Crippen molar-refractivity contribution >= 4 is 0 Å². The Morgan fingerprint density at radius 3 is 2.52 bits per heavy atom. The number of aromatic hydroxyl groups is 3. The third-order valence-corrected chi connectivity index (χ3v) is 7.37. The van der Waals surface area contributed by atoms with E-state index in [4.69, 9.17) is 9.47 Å². The lowest BCUT2D eigenvalue weighted by atomic mass is 9.72. The quantitative estimate of drug-likeness (QED) is 0.447. The molecule has 2 aliphatic rings. The minimum absolute atomic E-state index is 0.0858. The van der Waals surface area contributed by atoms with Crippen molar-refractivity contribution in [1.82, 2.24) is 0 Å². The monoisotopic (exact) mass is 456 g/mol. The molecule has 2 aromatic rings. The van der Waals surface area contributed by atoms with Crippen LogP contribution in [0.15, 0.2) is 30.3 Å². The first kappa shape index (κ1) is 23.7. The van der Waals surface area contributed by atoms with Gasteiger partial charge in [-0.15, -0.1) is 0 Å². The second kappa shape index (κ2) is 9.82. The third kappa shape index (κ3) is 5.07. The van der Waals surface area contributed by atoms with Gasteiger partial charge in [-0.05, 0) is 78.8 Å². The number of methoxy groups -OCH3 is 1. The smallest absolute Gasteiger partial charge is 0.200 e. The van der Waals surface area contributed by atoms with E-state index in [2.05, 4.69) is 19.9 Å². The van der Waals surface area contributed by atoms with E-state index in [1.165, 1.54) is 18.7 Å². The summed E-state index contributed by atoms with van der Waals surface area (Å²) >= 11 is 0. The molecule has 0 unspecified atom stereocenters. The van der Waals surface area contributed by atoms with Crippen LogP contribution in [0.1, 0.15) is 74.7 Å². The van der Waals surface area contributed by atoms with Crippen molar-refractivity contribution in [1.29, 1.82) is 0 Å². The Morgan fingerprint density at radius 1 is 1.00 bits per heavy atom. The fourth-order valence-corrected chi connectivity index (χ4v) is 5.39. The van der Waals surface area contributed by atoms with Crippen molar-refractivity contribution in [3.05, 3.63) is 47.0 Å². The summed E-state index contributed by atoms with van der Waals surface area (Å²) < 4.78 is 11.6. The van der Waals surface area contributed by atoms with Gasteiger partial charge >= 0.3 is 0 Å². The number of aryl methyl sites for hydroxylation is 1. The fourth-order valence-electron chi connectivity index (χ4n) is 5.39. The first-order valence-corrected chi connectivity index (χ1v) is 12.0. The molecule has 5 atom stereocenters. The molecular formula is C27H36O6. The Bertz CT molecular complexity index is 971. The molecule has 33 heavy (non-hydrogen) atoms. The largest absolute Gasteiger partial charge is 0.508 e. The zero-order chi connectivity index (χ0) is 23.7. The van der Waals surface area contributed by atoms with Crippen LogP contribution in [0, 0.1) is 11.8 Å². The summed E-state index contributed by atoms with van der Waals surface area (Å²) in [6.45, 7) is 4.38. The average Bonchev–Trinajstić information content (AvgIpc) is 2.79. The van der Waals surface area contributed by atoms with Crippen LogP contribution in [0.3, 0.4) is 0 Å². The van der Waals surface area contributed by atoms with Crippen LogP contribution in [0.4, 0.5) is 0 Å². The van der Waals surface area contributed by atoms with Crippen molar-refractivity contribution in [2.75, 3.05) is 7.11 Å². The number of rotatable bonds is 6. The molecule has 1 heterocycles. The van der Waals surface area contributed by atoms with Gasteiger partial charge in [0.25, 0.3) is 0 Å². The van der Waals surface area contributed by atoms with E-state index < -0.39 is 6.10 Å². The molecule has 2 aromatic carbocycles. The summed E-state index contributed by atoms with van der Waals surface area (Å²) in [6, 6.07) is 9.11. The maximum absolute atomic E-state index is 10.9. The molecule has 0 radical (unpaired) electrons. The predicted molar refractivity (Wildman–Crippen MR) is 126 cm³/mol. The third-order valence-electron chi connectivity index (χ3n) is 7.37. The van der Waals surface area contributed by atoms with E-state index in [9.17, 15) is 20.4 Å². The summed E-state index contributed by atoms with van der Waals surface area (Å²) in [6.07, 6.45) is 4.02. The Balaban J connectivity index is 1.52. The van der Waals surface area contributed by atoms with E-state index in [0.29, 0.717) is 29.6 Å². The van der Waals surface area contributed by atoms with Gasteiger partial charge in [0, 0.05) is 12.3 Å². The van der Waals surface area contributed by atoms with Crippen molar-refractivity contribution in [3.8, 4) is 23.0 Å². The second-order valence-electron chi connectivity index (χ2n) is 10.1. The first-order valence-electron chi connectivity index (χ1n) is 12.0. The van der Waals surface area contributed by atoms with E-state index >= 15 is 0 Å². The molecule has 0 bridgehead atoms. The molecule has 4 rings (SSSR count). The van der Waals surface area contributed by atoms with Gasteiger partial charge in [-0.25, -0.2) is 0 Å². The number of aliphatic hydroxyl groups excluding tert-OH is 1. The van der Waals surface area contributed by atoms with Crippen molar-refractivity contribution in [3.63, 3.8) is 0 Å². The summed E-state index contributed by atoms with van der Waals surface area (Å²) in [5.74, 6) is 0.956. The number of benzene rings is 2. The van der Waals surface area contributed by atoms with Gasteiger partial charge in [0.05, 0.1) is 25.4 Å². The van der Waals surface area contributed by atoms with Crippen LogP contribution in [0.2, 0.25) is 0 Å². The lowest BCUT2D eigenvalue weighted by Gasteiger charge is -2.45. The van der Waals surface area contributed by atoms with E-state index in [0.717, 1.165) is 37.7 Å². The number of hydrogen-bond donors (Lipinski definition) is 4. The fraction of sp³-hybridized carbons (Fsp3) is 0.556. The standard InChI is InChI=1S/C27H36O6/c1-15(2)4-5-18-10-16(7-9-21(18)28)17-6-8-20-22(29)14-24(33-25(20)12-17)19-11-23(30)27(31)26(13-19)32-3/h7,9-11,13,15,17,20,22,24-25,28-31H,4-6,8,12,14H2,1-3H3/t17-,20-,22-,24-,25-/m0/s1. The molecule has 180 valence electrons. The summed E-state index contributed by atoms with van der Waals surface area (Å²) in [5.41, 5.74) is 2.90. The van der Waals surface area contributed by atoms with Crippen molar-refractivity contribution < 1.29 is 29.9 Å². The van der Waals surface area contributed by atoms with Gasteiger partial charge in [0.1, 0.15) is 5.75 Å². The molecule has 0 aromatic heterocycles. The molecule has 0 spiro atoms. The van der Waals surface area contributed by atoms with Crippen molar-refractivity contribution in [2.45, 2.75) is 76.6 Å². The second-order valence-corrected chi connectivity index (χ2v) is 10.1. The minimum atomic E-state index is -0.488. The lowest BCUT2D eigenvalue weighted by Crippen LogP contribution is -2.44.